The number of anilines is 1. The largest absolute Gasteiger partial charge is 0.511 e. The van der Waals surface area contributed by atoms with Crippen molar-refractivity contribution >= 4 is 17.9 Å². The molecule has 35 heavy (non-hydrogen) atoms. The zero-order valence-corrected chi connectivity index (χ0v) is 20.3. The molecule has 0 atom stereocenters. The van der Waals surface area contributed by atoms with Crippen molar-refractivity contribution in [3.63, 3.8) is 0 Å². The van der Waals surface area contributed by atoms with E-state index in [1.54, 1.807) is 17.0 Å². The van der Waals surface area contributed by atoms with Gasteiger partial charge in [-0.25, -0.2) is 9.48 Å². The van der Waals surface area contributed by atoms with Crippen molar-refractivity contribution < 1.29 is 24.2 Å². The number of benzene rings is 2. The third-order valence-corrected chi connectivity index (χ3v) is 6.29. The van der Waals surface area contributed by atoms with Crippen molar-refractivity contribution in [2.45, 2.75) is 52.5 Å². The normalized spacial score (nSPS) is 17.7. The Morgan fingerprint density at radius 2 is 1.63 bits per heavy atom. The lowest BCUT2D eigenvalue weighted by Crippen LogP contribution is -2.42. The number of nitrogens with zero attached hydrogens (tertiary/aromatic N) is 3. The Morgan fingerprint density at radius 1 is 1.00 bits per heavy atom. The molecular weight excluding hydrogens is 446 g/mol. The molecule has 8 nitrogen and oxygen atoms in total. The predicted octanol–water partition coefficient (Wildman–Crippen LogP) is 6.29. The van der Waals surface area contributed by atoms with E-state index < -0.39 is 6.16 Å². The molecule has 2 aromatic carbocycles. The van der Waals surface area contributed by atoms with E-state index in [-0.39, 0.29) is 29.4 Å². The fourth-order valence-electron chi connectivity index (χ4n) is 4.41. The van der Waals surface area contributed by atoms with Gasteiger partial charge in [0.2, 0.25) is 11.7 Å². The monoisotopic (exact) mass is 477 g/mol. The second kappa shape index (κ2) is 10.6. The second-order valence-electron chi connectivity index (χ2n) is 9.30. The number of carbonyl (C=O) groups is 2. The van der Waals surface area contributed by atoms with Gasteiger partial charge >= 0.3 is 6.16 Å². The highest BCUT2D eigenvalue weighted by Gasteiger charge is 2.34. The van der Waals surface area contributed by atoms with Crippen molar-refractivity contribution in [3.05, 3.63) is 60.8 Å². The van der Waals surface area contributed by atoms with Gasteiger partial charge in [0.1, 0.15) is 11.5 Å². The van der Waals surface area contributed by atoms with Gasteiger partial charge in [0.05, 0.1) is 11.9 Å². The average Bonchev–Trinajstić information content (AvgIpc) is 3.23. The van der Waals surface area contributed by atoms with E-state index in [1.165, 1.54) is 10.9 Å². The Kier molecular flexibility index (Phi) is 7.39. The fourth-order valence-corrected chi connectivity index (χ4v) is 4.41. The standard InChI is InChI=1S/C27H31N3O5/c1-18(2)30(26(31)20-11-9-19(3)10-12-20)25-24(35-27(32)33)17-29(28-25)21-13-15-23(16-14-21)34-22-7-5-4-6-8-22/h4-8,13-20H,9-12H2,1-3H3,(H,32,33)/t19-,20-. The maximum absolute atomic E-state index is 13.5. The molecule has 8 heteroatoms. The molecule has 1 N–H and O–H groups in total. The Balaban J connectivity index is 1.62. The summed E-state index contributed by atoms with van der Waals surface area (Å²) in [7, 11) is 0. The van der Waals surface area contributed by atoms with Gasteiger partial charge in [-0.15, -0.1) is 5.10 Å². The molecular formula is C27H31N3O5. The van der Waals surface area contributed by atoms with E-state index in [1.807, 2.05) is 56.3 Å². The third kappa shape index (κ3) is 5.82. The van der Waals surface area contributed by atoms with Gasteiger partial charge in [-0.3, -0.25) is 9.69 Å². The van der Waals surface area contributed by atoms with Crippen LogP contribution in [0.4, 0.5) is 10.6 Å². The van der Waals surface area contributed by atoms with Gasteiger partial charge in [-0.1, -0.05) is 25.1 Å². The van der Waals surface area contributed by atoms with E-state index >= 15 is 0 Å². The van der Waals surface area contributed by atoms with Crippen LogP contribution in [0.2, 0.25) is 0 Å². The first kappa shape index (κ1) is 24.3. The van der Waals surface area contributed by atoms with E-state index in [0.717, 1.165) is 31.4 Å². The lowest BCUT2D eigenvalue weighted by Gasteiger charge is -2.32. The minimum atomic E-state index is -1.46. The van der Waals surface area contributed by atoms with Crippen LogP contribution in [0.25, 0.3) is 5.69 Å². The summed E-state index contributed by atoms with van der Waals surface area (Å²) in [5.74, 6) is 2.07. The molecule has 0 bridgehead atoms. The summed E-state index contributed by atoms with van der Waals surface area (Å²) in [6.07, 6.45) is 3.69. The summed E-state index contributed by atoms with van der Waals surface area (Å²) in [4.78, 5) is 26.5. The topological polar surface area (TPSA) is 93.9 Å². The second-order valence-corrected chi connectivity index (χ2v) is 9.30. The zero-order valence-electron chi connectivity index (χ0n) is 20.3. The summed E-state index contributed by atoms with van der Waals surface area (Å²) in [5.41, 5.74) is 0.676. The molecule has 184 valence electrons. The van der Waals surface area contributed by atoms with Crippen LogP contribution in [-0.4, -0.2) is 33.0 Å². The smallest absolute Gasteiger partial charge is 0.457 e. The number of para-hydroxylation sites is 1. The number of rotatable bonds is 7. The Morgan fingerprint density at radius 3 is 2.23 bits per heavy atom. The summed E-state index contributed by atoms with van der Waals surface area (Å²) in [6.45, 7) is 5.99. The van der Waals surface area contributed by atoms with Gasteiger partial charge in [-0.05, 0) is 81.8 Å². The summed E-state index contributed by atoms with van der Waals surface area (Å²) >= 11 is 0. The first-order valence-corrected chi connectivity index (χ1v) is 12.0. The molecule has 0 unspecified atom stereocenters. The van der Waals surface area contributed by atoms with E-state index in [0.29, 0.717) is 17.4 Å². The van der Waals surface area contributed by atoms with Crippen LogP contribution in [0, 0.1) is 11.8 Å². The number of aromatic nitrogens is 2. The van der Waals surface area contributed by atoms with Crippen LogP contribution in [-0.2, 0) is 4.79 Å². The van der Waals surface area contributed by atoms with Crippen molar-refractivity contribution in [1.29, 1.82) is 0 Å². The van der Waals surface area contributed by atoms with Gasteiger partial charge in [0.15, 0.2) is 5.75 Å². The summed E-state index contributed by atoms with van der Waals surface area (Å²) in [6, 6.07) is 16.5. The molecule has 3 aromatic rings. The maximum atomic E-state index is 13.5. The number of carbonyl (C=O) groups excluding carboxylic acids is 1. The molecule has 0 saturated heterocycles. The van der Waals surface area contributed by atoms with Gasteiger partial charge in [0.25, 0.3) is 0 Å². The number of hydrogen-bond acceptors (Lipinski definition) is 5. The van der Waals surface area contributed by atoms with Crippen molar-refractivity contribution in [3.8, 4) is 22.9 Å². The van der Waals surface area contributed by atoms with Crippen LogP contribution in [0.1, 0.15) is 46.5 Å². The molecule has 1 fully saturated rings. The molecule has 1 aliphatic rings. The average molecular weight is 478 g/mol. The molecule has 1 aliphatic carbocycles. The highest BCUT2D eigenvalue weighted by molar-refractivity contribution is 5.96. The van der Waals surface area contributed by atoms with E-state index in [9.17, 15) is 14.7 Å². The van der Waals surface area contributed by atoms with Gasteiger partial charge in [-0.2, -0.15) is 0 Å². The first-order chi connectivity index (χ1) is 16.8. The molecule has 1 aromatic heterocycles. The lowest BCUT2D eigenvalue weighted by molar-refractivity contribution is -0.124. The lowest BCUT2D eigenvalue weighted by atomic mass is 9.82. The summed E-state index contributed by atoms with van der Waals surface area (Å²) < 4.78 is 12.4. The number of carboxylic acid groups (broad SMARTS) is 1. The van der Waals surface area contributed by atoms with Crippen molar-refractivity contribution in [1.82, 2.24) is 9.78 Å². The highest BCUT2D eigenvalue weighted by atomic mass is 16.7. The molecule has 0 radical (unpaired) electrons. The summed E-state index contributed by atoms with van der Waals surface area (Å²) in [5, 5.41) is 13.9. The SMILES string of the molecule is CC(C)N(c1nn(-c2ccc(Oc3ccccc3)cc2)cc1OC(=O)O)C(=O)[C@H]1CC[C@H](C)CC1. The molecule has 1 amide bonds. The van der Waals surface area contributed by atoms with Crippen LogP contribution in [0.15, 0.2) is 60.8 Å². The van der Waals surface area contributed by atoms with Gasteiger partial charge < -0.3 is 14.6 Å². The van der Waals surface area contributed by atoms with Crippen LogP contribution in [0.5, 0.6) is 17.2 Å². The van der Waals surface area contributed by atoms with Crippen molar-refractivity contribution in [2.24, 2.45) is 11.8 Å². The molecule has 1 heterocycles. The Bertz CT molecular complexity index is 1150. The zero-order chi connectivity index (χ0) is 24.9. The van der Waals surface area contributed by atoms with Crippen LogP contribution < -0.4 is 14.4 Å². The van der Waals surface area contributed by atoms with Crippen LogP contribution >= 0.6 is 0 Å². The van der Waals surface area contributed by atoms with Crippen molar-refractivity contribution in [2.75, 3.05) is 4.90 Å². The molecule has 0 aliphatic heterocycles. The molecule has 4 rings (SSSR count). The predicted molar refractivity (Wildman–Crippen MR) is 132 cm³/mol. The molecule has 0 spiro atoms. The molecule has 1 saturated carbocycles. The Labute approximate surface area is 205 Å². The van der Waals surface area contributed by atoms with E-state index in [4.69, 9.17) is 9.47 Å². The van der Waals surface area contributed by atoms with Gasteiger partial charge in [0, 0.05) is 12.0 Å². The highest BCUT2D eigenvalue weighted by Crippen LogP contribution is 2.35. The Hall–Kier alpha value is -3.81. The number of ether oxygens (including phenoxy) is 2. The number of amides is 1. The van der Waals surface area contributed by atoms with E-state index in [2.05, 4.69) is 12.0 Å². The first-order valence-electron chi connectivity index (χ1n) is 12.0. The van der Waals surface area contributed by atoms with Crippen LogP contribution in [0.3, 0.4) is 0 Å². The maximum Gasteiger partial charge on any atom is 0.511 e. The minimum Gasteiger partial charge on any atom is -0.457 e. The third-order valence-electron chi connectivity index (χ3n) is 6.29. The fraction of sp³-hybridized carbons (Fsp3) is 0.370. The minimum absolute atomic E-state index is 0.0216. The quantitative estimate of drug-likeness (QED) is 0.402. The number of hydrogen-bond donors (Lipinski definition) is 1.